The SMILES string of the molecule is Cc1ccc(Sc2ccc(S(=O)(=O)N3CCOCC3)cn2)cc1C. The summed E-state index contributed by atoms with van der Waals surface area (Å²) in [5.41, 5.74) is 2.48. The summed E-state index contributed by atoms with van der Waals surface area (Å²) in [6.45, 7) is 5.81. The van der Waals surface area contributed by atoms with Gasteiger partial charge in [0.2, 0.25) is 10.0 Å². The first-order valence-corrected chi connectivity index (χ1v) is 10.0. The van der Waals surface area contributed by atoms with Crippen LogP contribution in [0.5, 0.6) is 0 Å². The second-order valence-corrected chi connectivity index (χ2v) is 8.73. The maximum absolute atomic E-state index is 12.6. The summed E-state index contributed by atoms with van der Waals surface area (Å²) in [5.74, 6) is 0. The third-order valence-electron chi connectivity index (χ3n) is 4.02. The quantitative estimate of drug-likeness (QED) is 0.835. The fourth-order valence-corrected chi connectivity index (χ4v) is 4.62. The van der Waals surface area contributed by atoms with Crippen molar-refractivity contribution in [1.82, 2.24) is 9.29 Å². The van der Waals surface area contributed by atoms with E-state index in [0.29, 0.717) is 26.3 Å². The lowest BCUT2D eigenvalue weighted by atomic mass is 10.1. The number of hydrogen-bond donors (Lipinski definition) is 0. The first kappa shape index (κ1) is 17.4. The van der Waals surface area contributed by atoms with Gasteiger partial charge in [0.1, 0.15) is 9.92 Å². The zero-order valence-corrected chi connectivity index (χ0v) is 15.4. The normalized spacial score (nSPS) is 16.2. The van der Waals surface area contributed by atoms with E-state index in [9.17, 15) is 8.42 Å². The van der Waals surface area contributed by atoms with Crippen molar-refractivity contribution in [3.8, 4) is 0 Å². The molecule has 0 bridgehead atoms. The topological polar surface area (TPSA) is 59.5 Å². The van der Waals surface area contributed by atoms with Crippen molar-refractivity contribution in [2.24, 2.45) is 0 Å². The first-order valence-electron chi connectivity index (χ1n) is 7.76. The lowest BCUT2D eigenvalue weighted by molar-refractivity contribution is 0.0730. The lowest BCUT2D eigenvalue weighted by Gasteiger charge is -2.25. The minimum Gasteiger partial charge on any atom is -0.379 e. The van der Waals surface area contributed by atoms with Gasteiger partial charge < -0.3 is 4.74 Å². The highest BCUT2D eigenvalue weighted by Crippen LogP contribution is 2.28. The summed E-state index contributed by atoms with van der Waals surface area (Å²) < 4.78 is 31.8. The fraction of sp³-hybridized carbons (Fsp3) is 0.353. The smallest absolute Gasteiger partial charge is 0.244 e. The summed E-state index contributed by atoms with van der Waals surface area (Å²) in [7, 11) is -3.48. The monoisotopic (exact) mass is 364 g/mol. The molecule has 0 aliphatic carbocycles. The Labute approximate surface area is 147 Å². The average Bonchev–Trinajstić information content (AvgIpc) is 2.59. The second kappa shape index (κ2) is 7.23. The van der Waals surface area contributed by atoms with E-state index in [2.05, 4.69) is 31.0 Å². The van der Waals surface area contributed by atoms with Crippen molar-refractivity contribution in [1.29, 1.82) is 0 Å². The number of rotatable bonds is 4. The molecule has 128 valence electrons. The van der Waals surface area contributed by atoms with Gasteiger partial charge in [-0.1, -0.05) is 17.8 Å². The van der Waals surface area contributed by atoms with E-state index in [1.807, 2.05) is 6.07 Å². The number of aromatic nitrogens is 1. The van der Waals surface area contributed by atoms with Crippen molar-refractivity contribution in [3.05, 3.63) is 47.7 Å². The molecular formula is C17H20N2O3S2. The molecular weight excluding hydrogens is 344 g/mol. The van der Waals surface area contributed by atoms with Gasteiger partial charge in [0, 0.05) is 24.2 Å². The molecule has 1 aromatic heterocycles. The molecule has 1 saturated heterocycles. The third kappa shape index (κ3) is 3.80. The van der Waals surface area contributed by atoms with Crippen LogP contribution in [0.1, 0.15) is 11.1 Å². The highest BCUT2D eigenvalue weighted by atomic mass is 32.2. The number of aryl methyl sites for hydroxylation is 2. The molecule has 0 atom stereocenters. The van der Waals surface area contributed by atoms with E-state index in [4.69, 9.17) is 4.74 Å². The van der Waals surface area contributed by atoms with Gasteiger partial charge in [0.25, 0.3) is 0 Å². The second-order valence-electron chi connectivity index (χ2n) is 5.70. The molecule has 1 aliphatic heterocycles. The summed E-state index contributed by atoms with van der Waals surface area (Å²) in [5, 5.41) is 0.777. The Kier molecular flexibility index (Phi) is 5.24. The van der Waals surface area contributed by atoms with Gasteiger partial charge in [-0.05, 0) is 49.2 Å². The minimum atomic E-state index is -3.48. The number of morpholine rings is 1. The molecule has 0 unspecified atom stereocenters. The Morgan fingerprint density at radius 1 is 1.08 bits per heavy atom. The van der Waals surface area contributed by atoms with Crippen LogP contribution in [-0.4, -0.2) is 44.0 Å². The van der Waals surface area contributed by atoms with Crippen LogP contribution >= 0.6 is 11.8 Å². The summed E-state index contributed by atoms with van der Waals surface area (Å²) in [4.78, 5) is 5.64. The van der Waals surface area contributed by atoms with E-state index in [1.165, 1.54) is 33.4 Å². The van der Waals surface area contributed by atoms with Crippen LogP contribution in [0.4, 0.5) is 0 Å². The lowest BCUT2D eigenvalue weighted by Crippen LogP contribution is -2.40. The third-order valence-corrected chi connectivity index (χ3v) is 6.84. The maximum atomic E-state index is 12.6. The number of sulfonamides is 1. The molecule has 0 N–H and O–H groups in total. The predicted octanol–water partition coefficient (Wildman–Crippen LogP) is 2.87. The Morgan fingerprint density at radius 3 is 2.46 bits per heavy atom. The van der Waals surface area contributed by atoms with Gasteiger partial charge in [-0.15, -0.1) is 0 Å². The van der Waals surface area contributed by atoms with Gasteiger partial charge in [-0.3, -0.25) is 0 Å². The van der Waals surface area contributed by atoms with Crippen LogP contribution in [0.15, 0.2) is 51.3 Å². The van der Waals surface area contributed by atoms with Crippen LogP contribution in [0, 0.1) is 13.8 Å². The molecule has 3 rings (SSSR count). The molecule has 0 spiro atoms. The van der Waals surface area contributed by atoms with Crippen LogP contribution in [0.2, 0.25) is 0 Å². The van der Waals surface area contributed by atoms with Crippen LogP contribution in [-0.2, 0) is 14.8 Å². The van der Waals surface area contributed by atoms with Gasteiger partial charge in [-0.2, -0.15) is 4.31 Å². The molecule has 1 aromatic carbocycles. The standard InChI is InChI=1S/C17H20N2O3S2/c1-13-3-4-15(11-14(13)2)23-17-6-5-16(12-18-17)24(20,21)19-7-9-22-10-8-19/h3-6,11-12H,7-10H2,1-2H3. The van der Waals surface area contributed by atoms with E-state index >= 15 is 0 Å². The van der Waals surface area contributed by atoms with E-state index in [-0.39, 0.29) is 4.90 Å². The Balaban J connectivity index is 1.76. The molecule has 24 heavy (non-hydrogen) atoms. The Hall–Kier alpha value is -1.41. The molecule has 0 amide bonds. The van der Waals surface area contributed by atoms with Gasteiger partial charge in [-0.25, -0.2) is 13.4 Å². The predicted molar refractivity (Wildman–Crippen MR) is 93.9 cm³/mol. The molecule has 7 heteroatoms. The number of pyridine rings is 1. The van der Waals surface area contributed by atoms with E-state index in [0.717, 1.165) is 9.92 Å². The Bertz CT molecular complexity index is 814. The van der Waals surface area contributed by atoms with Crippen LogP contribution < -0.4 is 0 Å². The molecule has 0 radical (unpaired) electrons. The highest BCUT2D eigenvalue weighted by Gasteiger charge is 2.26. The van der Waals surface area contributed by atoms with Crippen LogP contribution in [0.25, 0.3) is 0 Å². The maximum Gasteiger partial charge on any atom is 0.244 e. The molecule has 1 fully saturated rings. The molecule has 2 heterocycles. The minimum absolute atomic E-state index is 0.230. The van der Waals surface area contributed by atoms with Crippen molar-refractivity contribution >= 4 is 21.8 Å². The average molecular weight is 364 g/mol. The van der Waals surface area contributed by atoms with Gasteiger partial charge in [0.05, 0.1) is 13.2 Å². The number of ether oxygens (including phenoxy) is 1. The Morgan fingerprint density at radius 2 is 1.83 bits per heavy atom. The van der Waals surface area contributed by atoms with Gasteiger partial charge >= 0.3 is 0 Å². The molecule has 1 aliphatic rings. The van der Waals surface area contributed by atoms with E-state index in [1.54, 1.807) is 12.1 Å². The van der Waals surface area contributed by atoms with Crippen molar-refractivity contribution in [3.63, 3.8) is 0 Å². The largest absolute Gasteiger partial charge is 0.379 e. The van der Waals surface area contributed by atoms with Crippen molar-refractivity contribution in [2.45, 2.75) is 28.7 Å². The van der Waals surface area contributed by atoms with Crippen LogP contribution in [0.3, 0.4) is 0 Å². The van der Waals surface area contributed by atoms with Crippen molar-refractivity contribution < 1.29 is 13.2 Å². The van der Waals surface area contributed by atoms with Crippen molar-refractivity contribution in [2.75, 3.05) is 26.3 Å². The molecule has 2 aromatic rings. The summed E-state index contributed by atoms with van der Waals surface area (Å²) in [6, 6.07) is 9.62. The highest BCUT2D eigenvalue weighted by molar-refractivity contribution is 7.99. The van der Waals surface area contributed by atoms with Gasteiger partial charge in [0.15, 0.2) is 0 Å². The first-order chi connectivity index (χ1) is 11.5. The number of hydrogen-bond acceptors (Lipinski definition) is 5. The molecule has 0 saturated carbocycles. The molecule has 5 nitrogen and oxygen atoms in total. The zero-order chi connectivity index (χ0) is 17.2. The van der Waals surface area contributed by atoms with E-state index < -0.39 is 10.0 Å². The zero-order valence-electron chi connectivity index (χ0n) is 13.7. The summed E-state index contributed by atoms with van der Waals surface area (Å²) >= 11 is 1.53. The summed E-state index contributed by atoms with van der Waals surface area (Å²) in [6.07, 6.45) is 1.44. The fourth-order valence-electron chi connectivity index (χ4n) is 2.41. The number of nitrogens with zero attached hydrogens (tertiary/aromatic N) is 2. The number of benzene rings is 1.